The van der Waals surface area contributed by atoms with Crippen LogP contribution in [0.15, 0.2) is 66.7 Å². The molecule has 0 bridgehead atoms. The van der Waals surface area contributed by atoms with Crippen LogP contribution >= 0.6 is 0 Å². The number of amides is 1. The maximum Gasteiger partial charge on any atom is 0.271 e. The summed E-state index contributed by atoms with van der Waals surface area (Å²) >= 11 is 0. The zero-order chi connectivity index (χ0) is 23.1. The van der Waals surface area contributed by atoms with Gasteiger partial charge in [0.1, 0.15) is 6.61 Å². The molecule has 1 amide bonds. The fourth-order valence-corrected chi connectivity index (χ4v) is 3.04. The lowest BCUT2D eigenvalue weighted by molar-refractivity contribution is -0.384. The first kappa shape index (κ1) is 22.6. The van der Waals surface area contributed by atoms with Crippen LogP contribution in [0.2, 0.25) is 0 Å². The van der Waals surface area contributed by atoms with E-state index in [1.165, 1.54) is 18.2 Å². The summed E-state index contributed by atoms with van der Waals surface area (Å²) < 4.78 is 11.3. The summed E-state index contributed by atoms with van der Waals surface area (Å²) in [6.07, 6.45) is 3.00. The van der Waals surface area contributed by atoms with Gasteiger partial charge in [-0.3, -0.25) is 14.9 Å². The van der Waals surface area contributed by atoms with Crippen LogP contribution in [0, 0.1) is 24.0 Å². The van der Waals surface area contributed by atoms with E-state index < -0.39 is 10.8 Å². The fraction of sp³-hybridized carbons (Fsp3) is 0.160. The number of nitrogens with one attached hydrogen (secondary N) is 1. The lowest BCUT2D eigenvalue weighted by Gasteiger charge is -2.12. The minimum absolute atomic E-state index is 0.0825. The fourth-order valence-electron chi connectivity index (χ4n) is 3.04. The van der Waals surface area contributed by atoms with Crippen LogP contribution in [-0.2, 0) is 11.4 Å². The molecule has 7 heteroatoms. The van der Waals surface area contributed by atoms with E-state index in [1.54, 1.807) is 38.3 Å². The number of hydrogen-bond acceptors (Lipinski definition) is 5. The number of non-ortho nitro benzene ring substituents is 1. The van der Waals surface area contributed by atoms with Gasteiger partial charge in [0, 0.05) is 18.2 Å². The van der Waals surface area contributed by atoms with Gasteiger partial charge in [-0.25, -0.2) is 0 Å². The average molecular weight is 432 g/mol. The SMILES string of the molecule is COc1cc(C=CC(=O)Nc2cc([N+](=O)[O-])ccc2C)ccc1OCc1ccccc1C. The Morgan fingerprint density at radius 2 is 1.81 bits per heavy atom. The highest BCUT2D eigenvalue weighted by atomic mass is 16.6. The third-order valence-corrected chi connectivity index (χ3v) is 4.95. The third kappa shape index (κ3) is 5.72. The van der Waals surface area contributed by atoms with E-state index in [2.05, 4.69) is 5.32 Å². The van der Waals surface area contributed by atoms with Crippen molar-refractivity contribution in [2.75, 3.05) is 12.4 Å². The molecule has 3 aromatic rings. The van der Waals surface area contributed by atoms with E-state index in [4.69, 9.17) is 9.47 Å². The normalized spacial score (nSPS) is 10.7. The first-order chi connectivity index (χ1) is 15.4. The van der Waals surface area contributed by atoms with E-state index in [9.17, 15) is 14.9 Å². The Balaban J connectivity index is 1.68. The number of carbonyl (C=O) groups is 1. The molecule has 0 fully saturated rings. The highest BCUT2D eigenvalue weighted by molar-refractivity contribution is 6.02. The van der Waals surface area contributed by atoms with E-state index in [0.717, 1.165) is 22.3 Å². The number of carbonyl (C=O) groups excluding carboxylic acids is 1. The molecule has 0 radical (unpaired) electrons. The first-order valence-corrected chi connectivity index (χ1v) is 9.97. The second-order valence-electron chi connectivity index (χ2n) is 7.20. The quantitative estimate of drug-likeness (QED) is 0.290. The van der Waals surface area contributed by atoms with Gasteiger partial charge in [0.05, 0.1) is 17.7 Å². The number of aryl methyl sites for hydroxylation is 2. The Morgan fingerprint density at radius 1 is 1.03 bits per heavy atom. The number of ether oxygens (including phenoxy) is 2. The maximum absolute atomic E-state index is 12.3. The lowest BCUT2D eigenvalue weighted by Crippen LogP contribution is -2.09. The molecule has 0 saturated carbocycles. The number of benzene rings is 3. The molecule has 3 rings (SSSR count). The molecular weight excluding hydrogens is 408 g/mol. The topological polar surface area (TPSA) is 90.7 Å². The van der Waals surface area contributed by atoms with E-state index in [1.807, 2.05) is 37.3 Å². The standard InChI is InChI=1S/C25H24N2O5/c1-17-6-4-5-7-20(17)16-32-23-12-9-19(14-24(23)31-3)10-13-25(28)26-22-15-21(27(29)30)11-8-18(22)2/h4-15H,16H2,1-3H3,(H,26,28). The predicted octanol–water partition coefficient (Wildman–Crippen LogP) is 5.45. The molecule has 0 atom stereocenters. The van der Waals surface area contributed by atoms with Gasteiger partial charge in [-0.1, -0.05) is 36.4 Å². The summed E-state index contributed by atoms with van der Waals surface area (Å²) in [7, 11) is 1.56. The molecule has 1 N–H and O–H groups in total. The summed E-state index contributed by atoms with van der Waals surface area (Å²) in [5.74, 6) is 0.757. The molecule has 0 aromatic heterocycles. The molecule has 0 spiro atoms. The monoisotopic (exact) mass is 432 g/mol. The van der Waals surface area contributed by atoms with Crippen molar-refractivity contribution in [3.63, 3.8) is 0 Å². The Morgan fingerprint density at radius 3 is 2.53 bits per heavy atom. The van der Waals surface area contributed by atoms with E-state index >= 15 is 0 Å². The Hall–Kier alpha value is -4.13. The number of nitro groups is 1. The van der Waals surface area contributed by atoms with Crippen LogP contribution in [0.3, 0.4) is 0 Å². The van der Waals surface area contributed by atoms with Gasteiger partial charge in [0.2, 0.25) is 5.91 Å². The zero-order valence-electron chi connectivity index (χ0n) is 18.1. The molecule has 7 nitrogen and oxygen atoms in total. The summed E-state index contributed by atoms with van der Waals surface area (Å²) in [5, 5.41) is 13.6. The van der Waals surface area contributed by atoms with Crippen LogP contribution in [0.25, 0.3) is 6.08 Å². The molecular formula is C25H24N2O5. The smallest absolute Gasteiger partial charge is 0.271 e. The lowest BCUT2D eigenvalue weighted by atomic mass is 10.1. The molecule has 0 aliphatic heterocycles. The minimum atomic E-state index is -0.500. The average Bonchev–Trinajstić information content (AvgIpc) is 2.78. The van der Waals surface area contributed by atoms with Crippen LogP contribution in [0.4, 0.5) is 11.4 Å². The van der Waals surface area contributed by atoms with Gasteiger partial charge in [-0.15, -0.1) is 0 Å². The summed E-state index contributed by atoms with van der Waals surface area (Å²) in [6, 6.07) is 17.7. The minimum Gasteiger partial charge on any atom is -0.493 e. The first-order valence-electron chi connectivity index (χ1n) is 9.97. The molecule has 32 heavy (non-hydrogen) atoms. The Labute approximate surface area is 186 Å². The summed E-state index contributed by atoms with van der Waals surface area (Å²) in [5.41, 5.74) is 4.03. The van der Waals surface area contributed by atoms with Gasteiger partial charge in [0.15, 0.2) is 11.5 Å². The highest BCUT2D eigenvalue weighted by Gasteiger charge is 2.10. The van der Waals surface area contributed by atoms with Gasteiger partial charge in [0.25, 0.3) is 5.69 Å². The molecule has 3 aromatic carbocycles. The van der Waals surface area contributed by atoms with Crippen molar-refractivity contribution < 1.29 is 19.2 Å². The molecule has 164 valence electrons. The number of nitrogens with zero attached hydrogens (tertiary/aromatic N) is 1. The predicted molar refractivity (Wildman–Crippen MR) is 124 cm³/mol. The molecule has 0 heterocycles. The maximum atomic E-state index is 12.3. The Bertz CT molecular complexity index is 1170. The number of nitro benzene ring substituents is 1. The van der Waals surface area contributed by atoms with Crippen molar-refractivity contribution in [3.05, 3.63) is 99.1 Å². The number of anilines is 1. The molecule has 0 unspecified atom stereocenters. The van der Waals surface area contributed by atoms with Crippen molar-refractivity contribution >= 4 is 23.4 Å². The van der Waals surface area contributed by atoms with Crippen molar-refractivity contribution in [1.29, 1.82) is 0 Å². The van der Waals surface area contributed by atoms with Crippen LogP contribution in [0.1, 0.15) is 22.3 Å². The molecule has 0 saturated heterocycles. The number of methoxy groups -OCH3 is 1. The van der Waals surface area contributed by atoms with Crippen LogP contribution in [-0.4, -0.2) is 17.9 Å². The molecule has 0 aliphatic carbocycles. The van der Waals surface area contributed by atoms with Gasteiger partial charge in [-0.05, 0) is 54.3 Å². The van der Waals surface area contributed by atoms with Crippen LogP contribution in [0.5, 0.6) is 11.5 Å². The number of hydrogen-bond donors (Lipinski definition) is 1. The van der Waals surface area contributed by atoms with Crippen molar-refractivity contribution in [1.82, 2.24) is 0 Å². The van der Waals surface area contributed by atoms with Gasteiger partial charge in [-0.2, -0.15) is 0 Å². The Kier molecular flexibility index (Phi) is 7.23. The highest BCUT2D eigenvalue weighted by Crippen LogP contribution is 2.29. The van der Waals surface area contributed by atoms with Crippen molar-refractivity contribution in [2.45, 2.75) is 20.5 Å². The van der Waals surface area contributed by atoms with Gasteiger partial charge >= 0.3 is 0 Å². The second-order valence-corrected chi connectivity index (χ2v) is 7.20. The number of rotatable bonds is 8. The zero-order valence-corrected chi connectivity index (χ0v) is 18.1. The van der Waals surface area contributed by atoms with E-state index in [0.29, 0.717) is 23.8 Å². The largest absolute Gasteiger partial charge is 0.493 e. The third-order valence-electron chi connectivity index (χ3n) is 4.95. The van der Waals surface area contributed by atoms with Crippen LogP contribution < -0.4 is 14.8 Å². The van der Waals surface area contributed by atoms with Gasteiger partial charge < -0.3 is 14.8 Å². The van der Waals surface area contributed by atoms with Crippen molar-refractivity contribution in [3.8, 4) is 11.5 Å². The summed E-state index contributed by atoms with van der Waals surface area (Å²) in [4.78, 5) is 22.8. The second kappa shape index (κ2) is 10.3. The van der Waals surface area contributed by atoms with E-state index in [-0.39, 0.29) is 5.69 Å². The summed E-state index contributed by atoms with van der Waals surface area (Å²) in [6.45, 7) is 4.22. The molecule has 0 aliphatic rings. The van der Waals surface area contributed by atoms with Crippen molar-refractivity contribution in [2.24, 2.45) is 0 Å².